The second-order valence-corrected chi connectivity index (χ2v) is 7.11. The van der Waals surface area contributed by atoms with E-state index in [1.807, 2.05) is 9.47 Å². The summed E-state index contributed by atoms with van der Waals surface area (Å²) in [6, 6.07) is 6.23. The molecule has 9 heteroatoms. The number of aliphatic carboxylic acids is 1. The summed E-state index contributed by atoms with van der Waals surface area (Å²) in [5, 5.41) is 9.57. The normalized spacial score (nSPS) is 12.8. The number of methoxy groups -OCH3 is 1. The Bertz CT molecular complexity index is 1050. The van der Waals surface area contributed by atoms with E-state index < -0.39 is 5.97 Å². The van der Waals surface area contributed by atoms with Gasteiger partial charge in [-0.2, -0.15) is 0 Å². The van der Waals surface area contributed by atoms with Crippen molar-refractivity contribution < 1.29 is 14.6 Å². The third kappa shape index (κ3) is 3.75. The number of ether oxygens (including phenoxy) is 1. The van der Waals surface area contributed by atoms with Gasteiger partial charge in [-0.25, -0.2) is 19.7 Å². The first-order valence-electron chi connectivity index (χ1n) is 8.45. The van der Waals surface area contributed by atoms with E-state index in [1.165, 1.54) is 6.08 Å². The summed E-state index contributed by atoms with van der Waals surface area (Å²) in [4.78, 5) is 26.8. The zero-order chi connectivity index (χ0) is 19.5. The van der Waals surface area contributed by atoms with E-state index in [2.05, 4.69) is 33.2 Å². The molecule has 4 rings (SSSR count). The summed E-state index contributed by atoms with van der Waals surface area (Å²) in [7, 11) is 1.65. The minimum Gasteiger partial charge on any atom is -0.478 e. The molecule has 0 bridgehead atoms. The number of anilines is 2. The number of nitrogens with zero attached hydrogens (tertiary/aromatic N) is 5. The van der Waals surface area contributed by atoms with E-state index in [4.69, 9.17) is 9.84 Å². The highest BCUT2D eigenvalue weighted by atomic mass is 32.2. The molecule has 142 valence electrons. The molecule has 8 nitrogen and oxygen atoms in total. The maximum absolute atomic E-state index is 10.6. The van der Waals surface area contributed by atoms with Gasteiger partial charge in [-0.15, -0.1) is 0 Å². The predicted molar refractivity (Wildman–Crippen MR) is 105 cm³/mol. The molecule has 3 aromatic rings. The minimum absolute atomic E-state index is 0.373. The highest BCUT2D eigenvalue weighted by molar-refractivity contribution is 7.99. The molecule has 0 aliphatic carbocycles. The maximum atomic E-state index is 10.6. The number of carboxylic acid groups (broad SMARTS) is 1. The first-order valence-corrected chi connectivity index (χ1v) is 9.27. The molecular weight excluding hydrogens is 378 g/mol. The number of imidazole rings is 1. The number of rotatable bonds is 6. The molecule has 3 heterocycles. The number of fused-ring (bicyclic) bond motifs is 2. The second kappa shape index (κ2) is 7.83. The number of carboxylic acids is 1. The molecule has 0 atom stereocenters. The maximum Gasteiger partial charge on any atom is 0.328 e. The third-order valence-electron chi connectivity index (χ3n) is 4.10. The van der Waals surface area contributed by atoms with E-state index in [0.29, 0.717) is 19.0 Å². The van der Waals surface area contributed by atoms with Crippen LogP contribution >= 0.6 is 11.8 Å². The van der Waals surface area contributed by atoms with Crippen LogP contribution in [0.5, 0.6) is 0 Å². The average molecular weight is 395 g/mol. The van der Waals surface area contributed by atoms with Gasteiger partial charge in [0.1, 0.15) is 11.8 Å². The van der Waals surface area contributed by atoms with Crippen LogP contribution in [0.1, 0.15) is 11.3 Å². The SMILES string of the molecule is COCN1c2cc(Cn3cnc(C=CC(=O)O)c3)ccc2Sc2nccnc21. The van der Waals surface area contributed by atoms with Gasteiger partial charge in [0.25, 0.3) is 0 Å². The molecule has 0 radical (unpaired) electrons. The first-order chi connectivity index (χ1) is 13.6. The molecule has 1 aliphatic heterocycles. The van der Waals surface area contributed by atoms with Gasteiger partial charge in [-0.05, 0) is 23.8 Å². The Balaban J connectivity index is 1.61. The molecule has 28 heavy (non-hydrogen) atoms. The van der Waals surface area contributed by atoms with Gasteiger partial charge in [-0.3, -0.25) is 4.90 Å². The number of carbonyl (C=O) groups is 1. The van der Waals surface area contributed by atoms with Gasteiger partial charge < -0.3 is 14.4 Å². The van der Waals surface area contributed by atoms with Gasteiger partial charge in [0, 0.05) is 43.2 Å². The van der Waals surface area contributed by atoms with Crippen molar-refractivity contribution in [2.75, 3.05) is 18.7 Å². The summed E-state index contributed by atoms with van der Waals surface area (Å²) < 4.78 is 7.29. The van der Waals surface area contributed by atoms with Crippen molar-refractivity contribution >= 4 is 35.3 Å². The van der Waals surface area contributed by atoms with Crippen LogP contribution in [-0.2, 0) is 16.1 Å². The smallest absolute Gasteiger partial charge is 0.328 e. The fourth-order valence-corrected chi connectivity index (χ4v) is 3.91. The van der Waals surface area contributed by atoms with Crippen molar-refractivity contribution in [2.45, 2.75) is 16.5 Å². The highest BCUT2D eigenvalue weighted by Crippen LogP contribution is 2.46. The standard InChI is InChI=1S/C19H17N5O3S/c1-27-12-24-15-8-13(9-23-10-14(22-11-23)3-5-17(25)26)2-4-16(15)28-19-18(24)20-6-7-21-19/h2-8,10-11H,9,12H2,1H3,(H,25,26). The first kappa shape index (κ1) is 18.2. The lowest BCUT2D eigenvalue weighted by atomic mass is 10.2. The lowest BCUT2D eigenvalue weighted by Gasteiger charge is -2.30. The van der Waals surface area contributed by atoms with Crippen LogP contribution in [0.15, 0.2) is 59.1 Å². The van der Waals surface area contributed by atoms with E-state index in [-0.39, 0.29) is 0 Å². The Hall–Kier alpha value is -3.17. The lowest BCUT2D eigenvalue weighted by Crippen LogP contribution is -2.24. The van der Waals surface area contributed by atoms with E-state index in [1.54, 1.807) is 43.8 Å². The Morgan fingerprint density at radius 1 is 1.29 bits per heavy atom. The molecule has 0 fully saturated rings. The van der Waals surface area contributed by atoms with Crippen molar-refractivity contribution in [3.8, 4) is 0 Å². The molecule has 2 aromatic heterocycles. The van der Waals surface area contributed by atoms with Gasteiger partial charge in [0.15, 0.2) is 5.82 Å². The van der Waals surface area contributed by atoms with Crippen LogP contribution in [0.4, 0.5) is 11.5 Å². The van der Waals surface area contributed by atoms with Gasteiger partial charge in [0.05, 0.1) is 17.7 Å². The Morgan fingerprint density at radius 2 is 2.14 bits per heavy atom. The van der Waals surface area contributed by atoms with Crippen LogP contribution in [0.25, 0.3) is 6.08 Å². The molecule has 0 unspecified atom stereocenters. The van der Waals surface area contributed by atoms with E-state index in [0.717, 1.165) is 33.1 Å². The third-order valence-corrected chi connectivity index (χ3v) is 5.14. The lowest BCUT2D eigenvalue weighted by molar-refractivity contribution is -0.131. The van der Waals surface area contributed by atoms with Gasteiger partial charge >= 0.3 is 5.97 Å². The van der Waals surface area contributed by atoms with Crippen LogP contribution in [0.3, 0.4) is 0 Å². The van der Waals surface area contributed by atoms with Crippen molar-refractivity contribution in [3.05, 3.63) is 60.5 Å². The van der Waals surface area contributed by atoms with Crippen LogP contribution in [-0.4, -0.2) is 44.4 Å². The average Bonchev–Trinajstić information content (AvgIpc) is 3.14. The van der Waals surface area contributed by atoms with E-state index in [9.17, 15) is 4.79 Å². The summed E-state index contributed by atoms with van der Waals surface area (Å²) in [6.45, 7) is 0.984. The topological polar surface area (TPSA) is 93.4 Å². The van der Waals surface area contributed by atoms with Gasteiger partial charge in [0.2, 0.25) is 0 Å². The fraction of sp³-hybridized carbons (Fsp3) is 0.158. The van der Waals surface area contributed by atoms with Crippen molar-refractivity contribution in [1.82, 2.24) is 19.5 Å². The summed E-state index contributed by atoms with van der Waals surface area (Å²) in [6.07, 6.45) is 9.40. The molecular formula is C19H17N5O3S. The van der Waals surface area contributed by atoms with Crippen LogP contribution < -0.4 is 4.90 Å². The van der Waals surface area contributed by atoms with Crippen LogP contribution in [0.2, 0.25) is 0 Å². The van der Waals surface area contributed by atoms with Gasteiger partial charge in [-0.1, -0.05) is 17.8 Å². The number of hydrogen-bond acceptors (Lipinski definition) is 7. The number of aromatic nitrogens is 4. The molecule has 1 N–H and O–H groups in total. The zero-order valence-corrected chi connectivity index (χ0v) is 15.8. The Kier molecular flexibility index (Phi) is 5.09. The predicted octanol–water partition coefficient (Wildman–Crippen LogP) is 3.03. The highest BCUT2D eigenvalue weighted by Gasteiger charge is 2.25. The minimum atomic E-state index is -0.997. The molecule has 0 spiro atoms. The van der Waals surface area contributed by atoms with Crippen molar-refractivity contribution in [2.24, 2.45) is 0 Å². The Morgan fingerprint density at radius 3 is 2.96 bits per heavy atom. The fourth-order valence-electron chi connectivity index (χ4n) is 2.93. The summed E-state index contributed by atoms with van der Waals surface area (Å²) in [5.74, 6) is -0.217. The number of hydrogen-bond donors (Lipinski definition) is 1. The molecule has 0 saturated carbocycles. The molecule has 1 aliphatic rings. The number of benzene rings is 1. The largest absolute Gasteiger partial charge is 0.478 e. The monoisotopic (exact) mass is 395 g/mol. The van der Waals surface area contributed by atoms with Crippen LogP contribution in [0, 0.1) is 0 Å². The molecule has 1 aromatic carbocycles. The molecule has 0 saturated heterocycles. The summed E-state index contributed by atoms with van der Waals surface area (Å²) in [5.41, 5.74) is 2.70. The quantitative estimate of drug-likeness (QED) is 0.637. The van der Waals surface area contributed by atoms with Crippen molar-refractivity contribution in [3.63, 3.8) is 0 Å². The zero-order valence-electron chi connectivity index (χ0n) is 15.0. The Labute approximate surface area is 165 Å². The molecule has 0 amide bonds. The summed E-state index contributed by atoms with van der Waals surface area (Å²) >= 11 is 1.59. The van der Waals surface area contributed by atoms with Crippen molar-refractivity contribution in [1.29, 1.82) is 0 Å². The second-order valence-electron chi connectivity index (χ2n) is 6.08. The van der Waals surface area contributed by atoms with E-state index >= 15 is 0 Å².